The summed E-state index contributed by atoms with van der Waals surface area (Å²) in [5.74, 6) is -0.0300. The van der Waals surface area contributed by atoms with Gasteiger partial charge in [0.15, 0.2) is 0 Å². The molecule has 0 radical (unpaired) electrons. The molecule has 3 aromatic rings. The van der Waals surface area contributed by atoms with Gasteiger partial charge in [-0.25, -0.2) is 4.98 Å². The average Bonchev–Trinajstić information content (AvgIpc) is 3.12. The molecule has 0 atom stereocenters. The van der Waals surface area contributed by atoms with Gasteiger partial charge in [-0.2, -0.15) is 0 Å². The Balaban J connectivity index is 1.45. The highest BCUT2D eigenvalue weighted by Crippen LogP contribution is 2.21. The summed E-state index contributed by atoms with van der Waals surface area (Å²) >= 11 is 0. The Kier molecular flexibility index (Phi) is 4.82. The van der Waals surface area contributed by atoms with Crippen LogP contribution in [0.3, 0.4) is 0 Å². The lowest BCUT2D eigenvalue weighted by molar-refractivity contribution is 0.0954. The lowest BCUT2D eigenvalue weighted by Gasteiger charge is -2.13. The van der Waals surface area contributed by atoms with E-state index in [1.807, 2.05) is 53.1 Å². The zero-order chi connectivity index (χ0) is 17.8. The Morgan fingerprint density at radius 1 is 1.12 bits per heavy atom. The molecule has 2 aromatic carbocycles. The van der Waals surface area contributed by atoms with Crippen molar-refractivity contribution in [1.29, 1.82) is 0 Å². The molecular formula is C22H23N3O. The predicted molar refractivity (Wildman–Crippen MR) is 105 cm³/mol. The van der Waals surface area contributed by atoms with E-state index < -0.39 is 0 Å². The van der Waals surface area contributed by atoms with Gasteiger partial charge in [0.05, 0.1) is 11.0 Å². The number of fused-ring (bicyclic) bond motifs is 1. The van der Waals surface area contributed by atoms with E-state index in [1.54, 1.807) is 6.33 Å². The second-order valence-corrected chi connectivity index (χ2v) is 6.77. The molecular weight excluding hydrogens is 322 g/mol. The number of imidazole rings is 1. The van der Waals surface area contributed by atoms with Crippen LogP contribution < -0.4 is 5.32 Å². The maximum Gasteiger partial charge on any atom is 0.251 e. The second-order valence-electron chi connectivity index (χ2n) is 6.77. The molecule has 4 nitrogen and oxygen atoms in total. The minimum absolute atomic E-state index is 0.0300. The number of aromatic nitrogens is 2. The van der Waals surface area contributed by atoms with Crippen molar-refractivity contribution >= 4 is 16.9 Å². The van der Waals surface area contributed by atoms with Crippen LogP contribution in [-0.2, 0) is 0 Å². The molecule has 4 heteroatoms. The molecule has 0 saturated carbocycles. The third-order valence-corrected chi connectivity index (χ3v) is 4.96. The quantitative estimate of drug-likeness (QED) is 0.685. The van der Waals surface area contributed by atoms with Crippen molar-refractivity contribution in [2.75, 3.05) is 6.54 Å². The number of carbonyl (C=O) groups is 1. The Morgan fingerprint density at radius 2 is 2.00 bits per heavy atom. The molecule has 0 bridgehead atoms. The number of nitrogens with zero attached hydrogens (tertiary/aromatic N) is 2. The molecule has 1 heterocycles. The predicted octanol–water partition coefficient (Wildman–Crippen LogP) is 4.65. The molecule has 26 heavy (non-hydrogen) atoms. The van der Waals surface area contributed by atoms with Gasteiger partial charge in [-0.1, -0.05) is 29.8 Å². The zero-order valence-electron chi connectivity index (χ0n) is 14.8. The van der Waals surface area contributed by atoms with E-state index >= 15 is 0 Å². The number of carbonyl (C=O) groups excluding carboxylic acids is 1. The monoisotopic (exact) mass is 345 g/mol. The average molecular weight is 345 g/mol. The van der Waals surface area contributed by atoms with E-state index in [2.05, 4.69) is 16.4 Å². The third-order valence-electron chi connectivity index (χ3n) is 4.96. The van der Waals surface area contributed by atoms with Crippen LogP contribution in [0.5, 0.6) is 0 Å². The standard InChI is InChI=1S/C22H23N3O/c26-22(23-14-13-17-7-3-1-4-8-17)18-11-12-21-20(15-18)24-16-25(21)19-9-5-2-6-10-19/h2,5-7,9-12,15-16H,1,3-4,8,13-14H2,(H,23,26). The zero-order valence-corrected chi connectivity index (χ0v) is 14.8. The van der Waals surface area contributed by atoms with Gasteiger partial charge in [-0.05, 0) is 62.4 Å². The van der Waals surface area contributed by atoms with Gasteiger partial charge in [0.25, 0.3) is 5.91 Å². The topological polar surface area (TPSA) is 46.9 Å². The number of benzene rings is 2. The van der Waals surface area contributed by atoms with Crippen LogP contribution >= 0.6 is 0 Å². The number of allylic oxidation sites excluding steroid dienone is 1. The molecule has 0 saturated heterocycles. The number of para-hydroxylation sites is 1. The molecule has 1 aliphatic rings. The Bertz CT molecular complexity index is 940. The van der Waals surface area contributed by atoms with Crippen molar-refractivity contribution in [2.24, 2.45) is 0 Å². The number of rotatable bonds is 5. The molecule has 1 N–H and O–H groups in total. The summed E-state index contributed by atoms with van der Waals surface area (Å²) in [5.41, 5.74) is 5.03. The van der Waals surface area contributed by atoms with Crippen LogP contribution in [0.4, 0.5) is 0 Å². The molecule has 1 amide bonds. The summed E-state index contributed by atoms with van der Waals surface area (Å²) in [6.45, 7) is 0.696. The lowest BCUT2D eigenvalue weighted by Crippen LogP contribution is -2.24. The van der Waals surface area contributed by atoms with E-state index in [4.69, 9.17) is 0 Å². The minimum Gasteiger partial charge on any atom is -0.352 e. The number of amides is 1. The van der Waals surface area contributed by atoms with Crippen molar-refractivity contribution in [3.05, 3.63) is 72.1 Å². The molecule has 4 rings (SSSR count). The van der Waals surface area contributed by atoms with Gasteiger partial charge in [0.1, 0.15) is 6.33 Å². The number of hydrogen-bond donors (Lipinski definition) is 1. The van der Waals surface area contributed by atoms with Crippen LogP contribution in [0.1, 0.15) is 42.5 Å². The van der Waals surface area contributed by atoms with Crippen molar-refractivity contribution in [2.45, 2.75) is 32.1 Å². The van der Waals surface area contributed by atoms with Crippen molar-refractivity contribution in [3.8, 4) is 5.69 Å². The summed E-state index contributed by atoms with van der Waals surface area (Å²) < 4.78 is 2.03. The maximum absolute atomic E-state index is 12.4. The highest BCUT2D eigenvalue weighted by atomic mass is 16.1. The van der Waals surface area contributed by atoms with Gasteiger partial charge in [0.2, 0.25) is 0 Å². The smallest absolute Gasteiger partial charge is 0.251 e. The maximum atomic E-state index is 12.4. The molecule has 1 aromatic heterocycles. The van der Waals surface area contributed by atoms with Gasteiger partial charge in [0, 0.05) is 17.8 Å². The highest BCUT2D eigenvalue weighted by molar-refractivity contribution is 5.97. The first-order valence-electron chi connectivity index (χ1n) is 9.30. The molecule has 0 aliphatic heterocycles. The summed E-state index contributed by atoms with van der Waals surface area (Å²) in [6, 6.07) is 15.8. The van der Waals surface area contributed by atoms with Crippen molar-refractivity contribution in [1.82, 2.24) is 14.9 Å². The number of hydrogen-bond acceptors (Lipinski definition) is 2. The van der Waals surface area contributed by atoms with Crippen molar-refractivity contribution < 1.29 is 4.79 Å². The first kappa shape index (κ1) is 16.6. The fourth-order valence-corrected chi connectivity index (χ4v) is 3.52. The van der Waals surface area contributed by atoms with Crippen LogP contribution in [-0.4, -0.2) is 22.0 Å². The van der Waals surface area contributed by atoms with Crippen LogP contribution in [0.15, 0.2) is 66.5 Å². The molecule has 0 fully saturated rings. The van der Waals surface area contributed by atoms with Gasteiger partial charge in [-0.15, -0.1) is 0 Å². The van der Waals surface area contributed by atoms with Crippen LogP contribution in [0.25, 0.3) is 16.7 Å². The summed E-state index contributed by atoms with van der Waals surface area (Å²) in [5, 5.41) is 3.04. The van der Waals surface area contributed by atoms with Crippen LogP contribution in [0, 0.1) is 0 Å². The van der Waals surface area contributed by atoms with E-state index in [-0.39, 0.29) is 5.91 Å². The molecule has 1 aliphatic carbocycles. The van der Waals surface area contributed by atoms with E-state index in [1.165, 1.54) is 31.3 Å². The molecule has 132 valence electrons. The van der Waals surface area contributed by atoms with E-state index in [9.17, 15) is 4.79 Å². The van der Waals surface area contributed by atoms with Gasteiger partial charge < -0.3 is 5.32 Å². The fourth-order valence-electron chi connectivity index (χ4n) is 3.52. The summed E-state index contributed by atoms with van der Waals surface area (Å²) in [7, 11) is 0. The third kappa shape index (κ3) is 3.54. The largest absolute Gasteiger partial charge is 0.352 e. The fraction of sp³-hybridized carbons (Fsp3) is 0.273. The Labute approximate surface area is 153 Å². The number of nitrogens with one attached hydrogen (secondary N) is 1. The summed E-state index contributed by atoms with van der Waals surface area (Å²) in [6.07, 6.45) is 10.0. The first-order valence-corrected chi connectivity index (χ1v) is 9.30. The van der Waals surface area contributed by atoms with Gasteiger partial charge in [-0.3, -0.25) is 9.36 Å². The highest BCUT2D eigenvalue weighted by Gasteiger charge is 2.10. The normalized spacial score (nSPS) is 14.2. The van der Waals surface area contributed by atoms with Gasteiger partial charge >= 0.3 is 0 Å². The minimum atomic E-state index is -0.0300. The van der Waals surface area contributed by atoms with E-state index in [0.29, 0.717) is 12.1 Å². The van der Waals surface area contributed by atoms with Crippen molar-refractivity contribution in [3.63, 3.8) is 0 Å². The molecule has 0 unspecified atom stereocenters. The first-order chi connectivity index (χ1) is 12.8. The lowest BCUT2D eigenvalue weighted by atomic mass is 9.97. The summed E-state index contributed by atoms with van der Waals surface area (Å²) in [4.78, 5) is 16.9. The Hall–Kier alpha value is -2.88. The Morgan fingerprint density at radius 3 is 2.81 bits per heavy atom. The second kappa shape index (κ2) is 7.56. The molecule has 0 spiro atoms. The van der Waals surface area contributed by atoms with Crippen LogP contribution in [0.2, 0.25) is 0 Å². The SMILES string of the molecule is O=C(NCCC1=CCCCC1)c1ccc2c(c1)ncn2-c1ccccc1. The van der Waals surface area contributed by atoms with E-state index in [0.717, 1.165) is 23.1 Å².